The fourth-order valence-electron chi connectivity index (χ4n) is 1.63. The van der Waals surface area contributed by atoms with E-state index in [9.17, 15) is 13.6 Å². The molecule has 1 aromatic carbocycles. The van der Waals surface area contributed by atoms with Crippen molar-refractivity contribution in [2.45, 2.75) is 12.8 Å². The number of carboxylic acid groups (broad SMARTS) is 1. The number of nitrogens with one attached hydrogen (secondary N) is 1. The minimum absolute atomic E-state index is 0.151. The number of hydrogen-bond donors (Lipinski definition) is 2. The number of fused-ring (bicyclic) bond motifs is 1. The molecule has 0 aliphatic carbocycles. The molecule has 2 rings (SSSR count). The molecule has 2 aromatic rings. The SMILES string of the molecule is O=C(O)CCc1c(F)cc2cc[nH]c2c1F. The maximum Gasteiger partial charge on any atom is 0.303 e. The highest BCUT2D eigenvalue weighted by atomic mass is 19.1. The highest BCUT2D eigenvalue weighted by molar-refractivity contribution is 5.81. The van der Waals surface area contributed by atoms with Crippen LogP contribution in [0.15, 0.2) is 18.3 Å². The van der Waals surface area contributed by atoms with Gasteiger partial charge in [0, 0.05) is 23.6 Å². The summed E-state index contributed by atoms with van der Waals surface area (Å²) >= 11 is 0. The van der Waals surface area contributed by atoms with Crippen molar-refractivity contribution in [3.8, 4) is 0 Å². The molecule has 0 radical (unpaired) electrons. The predicted molar refractivity (Wildman–Crippen MR) is 54.2 cm³/mol. The van der Waals surface area contributed by atoms with Gasteiger partial charge in [-0.05, 0) is 18.6 Å². The molecule has 0 amide bonds. The molecule has 16 heavy (non-hydrogen) atoms. The standard InChI is InChI=1S/C11H9F2NO2/c12-8-5-6-3-4-14-11(6)10(13)7(8)1-2-9(15)16/h3-5,14H,1-2H2,(H,15,16). The molecule has 0 saturated heterocycles. The smallest absolute Gasteiger partial charge is 0.303 e. The summed E-state index contributed by atoms with van der Waals surface area (Å²) in [5, 5.41) is 8.92. The molecule has 0 spiro atoms. The molecule has 2 N–H and O–H groups in total. The summed E-state index contributed by atoms with van der Waals surface area (Å²) in [6.07, 6.45) is 1.07. The second kappa shape index (κ2) is 3.92. The average Bonchev–Trinajstić information content (AvgIpc) is 2.64. The summed E-state index contributed by atoms with van der Waals surface area (Å²) in [7, 11) is 0. The molecular formula is C11H9F2NO2. The van der Waals surface area contributed by atoms with Crippen LogP contribution in [0.3, 0.4) is 0 Å². The Bertz CT molecular complexity index is 548. The molecular weight excluding hydrogens is 216 g/mol. The van der Waals surface area contributed by atoms with Crippen LogP contribution in [0.2, 0.25) is 0 Å². The van der Waals surface area contributed by atoms with E-state index in [0.717, 1.165) is 0 Å². The Morgan fingerprint density at radius 3 is 2.88 bits per heavy atom. The van der Waals surface area contributed by atoms with E-state index < -0.39 is 17.6 Å². The maximum absolute atomic E-state index is 13.7. The van der Waals surface area contributed by atoms with Crippen LogP contribution in [0.4, 0.5) is 8.78 Å². The molecule has 1 heterocycles. The number of rotatable bonds is 3. The predicted octanol–water partition coefficient (Wildman–Crippen LogP) is 2.46. The minimum atomic E-state index is -1.08. The molecule has 0 unspecified atom stereocenters. The molecule has 84 valence electrons. The van der Waals surface area contributed by atoms with Crippen LogP contribution in [0.25, 0.3) is 10.9 Å². The van der Waals surface area contributed by atoms with Crippen molar-refractivity contribution in [1.29, 1.82) is 0 Å². The van der Waals surface area contributed by atoms with E-state index in [-0.39, 0.29) is 23.9 Å². The minimum Gasteiger partial charge on any atom is -0.481 e. The number of aliphatic carboxylic acids is 1. The molecule has 0 atom stereocenters. The van der Waals surface area contributed by atoms with Gasteiger partial charge in [0.2, 0.25) is 0 Å². The monoisotopic (exact) mass is 225 g/mol. The van der Waals surface area contributed by atoms with Crippen LogP contribution in [-0.4, -0.2) is 16.1 Å². The largest absolute Gasteiger partial charge is 0.481 e. The number of carbonyl (C=O) groups is 1. The highest BCUT2D eigenvalue weighted by Gasteiger charge is 2.15. The zero-order valence-electron chi connectivity index (χ0n) is 8.26. The van der Waals surface area contributed by atoms with Crippen molar-refractivity contribution < 1.29 is 18.7 Å². The van der Waals surface area contributed by atoms with Gasteiger partial charge < -0.3 is 10.1 Å². The quantitative estimate of drug-likeness (QED) is 0.843. The Labute approximate surface area is 89.7 Å². The summed E-state index contributed by atoms with van der Waals surface area (Å²) in [6.45, 7) is 0. The van der Waals surface area contributed by atoms with E-state index in [1.807, 2.05) is 0 Å². The Morgan fingerprint density at radius 1 is 1.44 bits per heavy atom. The lowest BCUT2D eigenvalue weighted by molar-refractivity contribution is -0.136. The fraction of sp³-hybridized carbons (Fsp3) is 0.182. The lowest BCUT2D eigenvalue weighted by atomic mass is 10.1. The Morgan fingerprint density at radius 2 is 2.19 bits per heavy atom. The average molecular weight is 225 g/mol. The normalized spacial score (nSPS) is 10.9. The van der Waals surface area contributed by atoms with Gasteiger partial charge in [0.1, 0.15) is 5.82 Å². The number of carboxylic acids is 1. The van der Waals surface area contributed by atoms with Gasteiger partial charge >= 0.3 is 5.97 Å². The summed E-state index contributed by atoms with van der Waals surface area (Å²) in [4.78, 5) is 13.0. The van der Waals surface area contributed by atoms with Gasteiger partial charge in [-0.25, -0.2) is 8.78 Å². The van der Waals surface area contributed by atoms with Gasteiger partial charge in [0.25, 0.3) is 0 Å². The van der Waals surface area contributed by atoms with E-state index in [0.29, 0.717) is 5.39 Å². The first-order valence-electron chi connectivity index (χ1n) is 4.75. The van der Waals surface area contributed by atoms with Crippen molar-refractivity contribution >= 4 is 16.9 Å². The first-order valence-corrected chi connectivity index (χ1v) is 4.75. The van der Waals surface area contributed by atoms with Crippen LogP contribution in [0.5, 0.6) is 0 Å². The van der Waals surface area contributed by atoms with Gasteiger partial charge in [-0.2, -0.15) is 0 Å². The molecule has 1 aromatic heterocycles. The van der Waals surface area contributed by atoms with Crippen LogP contribution in [-0.2, 0) is 11.2 Å². The maximum atomic E-state index is 13.7. The Hall–Kier alpha value is -1.91. The molecule has 0 saturated carbocycles. The van der Waals surface area contributed by atoms with E-state index in [1.165, 1.54) is 12.3 Å². The number of aromatic nitrogens is 1. The van der Waals surface area contributed by atoms with Crippen molar-refractivity contribution in [3.05, 3.63) is 35.5 Å². The topological polar surface area (TPSA) is 53.1 Å². The van der Waals surface area contributed by atoms with E-state index in [2.05, 4.69) is 4.98 Å². The van der Waals surface area contributed by atoms with Crippen molar-refractivity contribution in [1.82, 2.24) is 4.98 Å². The van der Waals surface area contributed by atoms with E-state index in [4.69, 9.17) is 5.11 Å². The molecule has 0 fully saturated rings. The first-order chi connectivity index (χ1) is 7.59. The lowest BCUT2D eigenvalue weighted by Gasteiger charge is -2.04. The third kappa shape index (κ3) is 1.76. The van der Waals surface area contributed by atoms with Gasteiger partial charge in [0.05, 0.1) is 5.52 Å². The van der Waals surface area contributed by atoms with Crippen LogP contribution < -0.4 is 0 Å². The van der Waals surface area contributed by atoms with Crippen molar-refractivity contribution in [2.24, 2.45) is 0 Å². The highest BCUT2D eigenvalue weighted by Crippen LogP contribution is 2.23. The third-order valence-corrected chi connectivity index (χ3v) is 2.42. The fourth-order valence-corrected chi connectivity index (χ4v) is 1.63. The molecule has 5 heteroatoms. The Balaban J connectivity index is 2.46. The first kappa shape index (κ1) is 10.6. The van der Waals surface area contributed by atoms with E-state index >= 15 is 0 Å². The number of aromatic amines is 1. The number of hydrogen-bond acceptors (Lipinski definition) is 1. The Kier molecular flexibility index (Phi) is 2.60. The molecule has 0 aliphatic heterocycles. The van der Waals surface area contributed by atoms with Crippen molar-refractivity contribution in [2.75, 3.05) is 0 Å². The lowest BCUT2D eigenvalue weighted by Crippen LogP contribution is -2.02. The van der Waals surface area contributed by atoms with Crippen LogP contribution >= 0.6 is 0 Å². The summed E-state index contributed by atoms with van der Waals surface area (Å²) in [5.41, 5.74) is 0.0270. The summed E-state index contributed by atoms with van der Waals surface area (Å²) in [6, 6.07) is 2.76. The zero-order valence-corrected chi connectivity index (χ0v) is 8.26. The molecule has 0 bridgehead atoms. The number of benzene rings is 1. The zero-order chi connectivity index (χ0) is 11.7. The second-order valence-corrected chi connectivity index (χ2v) is 3.49. The van der Waals surface area contributed by atoms with Crippen molar-refractivity contribution in [3.63, 3.8) is 0 Å². The van der Waals surface area contributed by atoms with Gasteiger partial charge in [-0.1, -0.05) is 0 Å². The summed E-state index contributed by atoms with van der Waals surface area (Å²) in [5.74, 6) is -2.49. The third-order valence-electron chi connectivity index (χ3n) is 2.42. The molecule has 0 aliphatic rings. The van der Waals surface area contributed by atoms with Gasteiger partial charge in [-0.15, -0.1) is 0 Å². The van der Waals surface area contributed by atoms with E-state index in [1.54, 1.807) is 6.07 Å². The molecule has 3 nitrogen and oxygen atoms in total. The number of H-pyrrole nitrogens is 1. The van der Waals surface area contributed by atoms with Crippen LogP contribution in [0, 0.1) is 11.6 Å². The second-order valence-electron chi connectivity index (χ2n) is 3.49. The van der Waals surface area contributed by atoms with Crippen LogP contribution in [0.1, 0.15) is 12.0 Å². The van der Waals surface area contributed by atoms with Gasteiger partial charge in [0.15, 0.2) is 5.82 Å². The van der Waals surface area contributed by atoms with Gasteiger partial charge in [-0.3, -0.25) is 4.79 Å². The summed E-state index contributed by atoms with van der Waals surface area (Å²) < 4.78 is 27.2. The number of halogens is 2.